The van der Waals surface area contributed by atoms with Crippen molar-refractivity contribution in [1.82, 2.24) is 14.5 Å². The molecule has 0 bridgehead atoms. The normalized spacial score (nSPS) is 26.3. The highest BCUT2D eigenvalue weighted by Crippen LogP contribution is 2.45. The molecule has 0 radical (unpaired) electrons. The van der Waals surface area contributed by atoms with Crippen molar-refractivity contribution in [2.75, 3.05) is 12.1 Å². The zero-order chi connectivity index (χ0) is 20.6. The summed E-state index contributed by atoms with van der Waals surface area (Å²) in [6.07, 6.45) is 0.219. The molecule has 2 unspecified atom stereocenters. The van der Waals surface area contributed by atoms with E-state index in [9.17, 15) is 15.4 Å². The summed E-state index contributed by atoms with van der Waals surface area (Å²) in [6, 6.07) is 9.44. The molecule has 1 saturated heterocycles. The number of rotatable bonds is 3. The lowest BCUT2D eigenvalue weighted by Crippen LogP contribution is -2.39. The highest BCUT2D eigenvalue weighted by Gasteiger charge is 2.53. The summed E-state index contributed by atoms with van der Waals surface area (Å²) < 4.78 is 7.46. The van der Waals surface area contributed by atoms with Gasteiger partial charge in [0, 0.05) is 11.8 Å². The van der Waals surface area contributed by atoms with Gasteiger partial charge >= 0.3 is 0 Å². The van der Waals surface area contributed by atoms with Crippen molar-refractivity contribution in [3.63, 3.8) is 0 Å². The van der Waals surface area contributed by atoms with Gasteiger partial charge in [0.1, 0.15) is 29.1 Å². The number of nitrogens with one attached hydrogen (secondary N) is 1. The van der Waals surface area contributed by atoms with Gasteiger partial charge in [-0.2, -0.15) is 0 Å². The third-order valence-electron chi connectivity index (χ3n) is 4.98. The number of alkyl halides is 1. The summed E-state index contributed by atoms with van der Waals surface area (Å²) in [5.41, 5.74) is 3.84. The maximum atomic E-state index is 10.4. The van der Waals surface area contributed by atoms with Crippen molar-refractivity contribution < 1.29 is 20.2 Å². The lowest BCUT2D eigenvalue weighted by molar-refractivity contribution is -0.0439. The Bertz CT molecular complexity index is 1090. The number of hydrogen-bond donors (Lipinski definition) is 4. The minimum absolute atomic E-state index is 0.180. The molecule has 4 rings (SSSR count). The molecule has 0 saturated carbocycles. The summed E-state index contributed by atoms with van der Waals surface area (Å²) in [5.74, 6) is 6.32. The maximum Gasteiger partial charge on any atom is 0.163 e. The molecule has 1 aliphatic rings. The first kappa shape index (κ1) is 19.6. The molecular weight excluding hydrogens is 396 g/mol. The van der Waals surface area contributed by atoms with Crippen LogP contribution >= 0.6 is 11.6 Å². The number of aromatic nitrogens is 3. The zero-order valence-corrected chi connectivity index (χ0v) is 16.2. The second-order valence-electron chi connectivity index (χ2n) is 6.90. The SMILES string of the molecule is C[C@@]1(Cl)C(O)C(CO)O[C@H]1n1cc(C#Cc2ccccc2)c2c(NO)ncnc21. The molecule has 1 aromatic carbocycles. The van der Waals surface area contributed by atoms with Gasteiger partial charge in [0.25, 0.3) is 0 Å². The molecular formula is C20H19ClN4O4. The van der Waals surface area contributed by atoms with Crippen LogP contribution in [-0.2, 0) is 4.74 Å². The molecule has 4 atom stereocenters. The maximum absolute atomic E-state index is 10.4. The highest BCUT2D eigenvalue weighted by molar-refractivity contribution is 6.24. The topological polar surface area (TPSA) is 113 Å². The van der Waals surface area contributed by atoms with Gasteiger partial charge < -0.3 is 19.5 Å². The lowest BCUT2D eigenvalue weighted by atomic mass is 10.0. The van der Waals surface area contributed by atoms with Crippen molar-refractivity contribution in [2.24, 2.45) is 0 Å². The van der Waals surface area contributed by atoms with E-state index in [1.165, 1.54) is 6.33 Å². The van der Waals surface area contributed by atoms with Crippen LogP contribution in [0.1, 0.15) is 24.3 Å². The molecule has 4 N–H and O–H groups in total. The average Bonchev–Trinajstić information content (AvgIpc) is 3.21. The van der Waals surface area contributed by atoms with Crippen LogP contribution in [0.4, 0.5) is 5.82 Å². The highest BCUT2D eigenvalue weighted by atomic mass is 35.5. The Morgan fingerprint density at radius 3 is 2.69 bits per heavy atom. The van der Waals surface area contributed by atoms with Crippen LogP contribution in [0.3, 0.4) is 0 Å². The molecule has 1 aliphatic heterocycles. The van der Waals surface area contributed by atoms with E-state index in [4.69, 9.17) is 16.3 Å². The summed E-state index contributed by atoms with van der Waals surface area (Å²) >= 11 is 6.60. The predicted octanol–water partition coefficient (Wildman–Crippen LogP) is 1.88. The first-order valence-electron chi connectivity index (χ1n) is 8.93. The fraction of sp³-hybridized carbons (Fsp3) is 0.300. The van der Waals surface area contributed by atoms with Crippen molar-refractivity contribution in [1.29, 1.82) is 0 Å². The van der Waals surface area contributed by atoms with Gasteiger partial charge in [0.15, 0.2) is 12.0 Å². The van der Waals surface area contributed by atoms with Gasteiger partial charge in [-0.3, -0.25) is 10.7 Å². The molecule has 0 amide bonds. The molecule has 1 fully saturated rings. The number of nitrogens with zero attached hydrogens (tertiary/aromatic N) is 3. The Morgan fingerprint density at radius 1 is 1.28 bits per heavy atom. The number of halogens is 1. The number of aliphatic hydroxyl groups excluding tert-OH is 2. The molecule has 9 heteroatoms. The predicted molar refractivity (Wildman–Crippen MR) is 107 cm³/mol. The van der Waals surface area contributed by atoms with Gasteiger partial charge in [-0.1, -0.05) is 30.0 Å². The molecule has 0 aliphatic carbocycles. The van der Waals surface area contributed by atoms with E-state index in [-0.39, 0.29) is 12.4 Å². The van der Waals surface area contributed by atoms with E-state index < -0.39 is 23.3 Å². The minimum atomic E-state index is -1.22. The minimum Gasteiger partial charge on any atom is -0.394 e. The van der Waals surface area contributed by atoms with E-state index in [0.29, 0.717) is 16.6 Å². The largest absolute Gasteiger partial charge is 0.394 e. The monoisotopic (exact) mass is 414 g/mol. The Morgan fingerprint density at radius 2 is 2.03 bits per heavy atom. The van der Waals surface area contributed by atoms with Crippen LogP contribution in [-0.4, -0.2) is 53.6 Å². The number of benzene rings is 1. The Kier molecular flexibility index (Phi) is 5.17. The molecule has 2 aromatic heterocycles. The molecule has 8 nitrogen and oxygen atoms in total. The van der Waals surface area contributed by atoms with Gasteiger partial charge in [-0.25, -0.2) is 9.97 Å². The standard InChI is InChI=1S/C20H19ClN4O4/c1-20(21)16(27)14(10-26)29-19(20)25-9-13(8-7-12-5-3-2-4-6-12)15-17(24-28)22-11-23-18(15)25/h2-6,9,11,14,16,19,26-28H,10H2,1H3,(H,22,23,24)/t14?,16?,19-,20-/m1/s1. The van der Waals surface area contributed by atoms with Crippen LogP contribution in [0.2, 0.25) is 0 Å². The van der Waals surface area contributed by atoms with E-state index in [1.807, 2.05) is 30.3 Å². The second-order valence-corrected chi connectivity index (χ2v) is 7.72. The molecule has 3 aromatic rings. The van der Waals surface area contributed by atoms with Crippen LogP contribution < -0.4 is 5.48 Å². The van der Waals surface area contributed by atoms with Crippen molar-refractivity contribution >= 4 is 28.5 Å². The summed E-state index contributed by atoms with van der Waals surface area (Å²) in [5, 5.41) is 29.9. The number of aliphatic hydroxyl groups is 2. The summed E-state index contributed by atoms with van der Waals surface area (Å²) in [6.45, 7) is 1.26. The molecule has 150 valence electrons. The van der Waals surface area contributed by atoms with Crippen molar-refractivity contribution in [3.05, 3.63) is 54.0 Å². The van der Waals surface area contributed by atoms with E-state index >= 15 is 0 Å². The van der Waals surface area contributed by atoms with Crippen LogP contribution in [0, 0.1) is 11.8 Å². The smallest absolute Gasteiger partial charge is 0.163 e. The summed E-state index contributed by atoms with van der Waals surface area (Å²) in [4.78, 5) is 7.13. The third kappa shape index (κ3) is 3.33. The van der Waals surface area contributed by atoms with Gasteiger partial charge in [-0.15, -0.1) is 11.6 Å². The van der Waals surface area contributed by atoms with Crippen LogP contribution in [0.15, 0.2) is 42.9 Å². The lowest BCUT2D eigenvalue weighted by Gasteiger charge is -2.26. The number of ether oxygens (including phenoxy) is 1. The number of hydrogen-bond acceptors (Lipinski definition) is 7. The van der Waals surface area contributed by atoms with Crippen LogP contribution in [0.25, 0.3) is 11.0 Å². The van der Waals surface area contributed by atoms with Crippen LogP contribution in [0.5, 0.6) is 0 Å². The Hall–Kier alpha value is -2.67. The first-order chi connectivity index (χ1) is 14.0. The number of anilines is 1. The van der Waals surface area contributed by atoms with E-state index in [2.05, 4.69) is 27.3 Å². The quantitative estimate of drug-likeness (QED) is 0.294. The first-order valence-corrected chi connectivity index (χ1v) is 9.31. The van der Waals surface area contributed by atoms with Crippen molar-refractivity contribution in [2.45, 2.75) is 30.2 Å². The van der Waals surface area contributed by atoms with E-state index in [1.54, 1.807) is 17.7 Å². The van der Waals surface area contributed by atoms with Gasteiger partial charge in [0.2, 0.25) is 0 Å². The summed E-state index contributed by atoms with van der Waals surface area (Å²) in [7, 11) is 0. The Balaban J connectivity index is 1.88. The van der Waals surface area contributed by atoms with Gasteiger partial charge in [0.05, 0.1) is 17.6 Å². The van der Waals surface area contributed by atoms with Gasteiger partial charge in [-0.05, 0) is 19.1 Å². The fourth-order valence-electron chi connectivity index (χ4n) is 3.47. The molecule has 3 heterocycles. The third-order valence-corrected chi connectivity index (χ3v) is 5.39. The Labute approximate surface area is 171 Å². The fourth-order valence-corrected chi connectivity index (χ4v) is 3.76. The number of fused-ring (bicyclic) bond motifs is 1. The zero-order valence-electron chi connectivity index (χ0n) is 15.5. The van der Waals surface area contributed by atoms with Crippen molar-refractivity contribution in [3.8, 4) is 11.8 Å². The molecule has 29 heavy (non-hydrogen) atoms. The second kappa shape index (κ2) is 7.63. The molecule has 0 spiro atoms. The van der Waals surface area contributed by atoms with E-state index in [0.717, 1.165) is 5.56 Å². The average molecular weight is 415 g/mol.